The van der Waals surface area contributed by atoms with Gasteiger partial charge in [-0.2, -0.15) is 10.4 Å². The summed E-state index contributed by atoms with van der Waals surface area (Å²) in [7, 11) is 1.94. The van der Waals surface area contributed by atoms with E-state index < -0.39 is 0 Å². The van der Waals surface area contributed by atoms with Crippen LogP contribution in [0.5, 0.6) is 0 Å². The lowest BCUT2D eigenvalue weighted by molar-refractivity contribution is 0.547. The minimum atomic E-state index is 0.329. The molecule has 16 heavy (non-hydrogen) atoms. The lowest BCUT2D eigenvalue weighted by Crippen LogP contribution is -2.20. The maximum absolute atomic E-state index is 8.41. The van der Waals surface area contributed by atoms with Gasteiger partial charge >= 0.3 is 0 Å². The van der Waals surface area contributed by atoms with Crippen molar-refractivity contribution in [3.05, 3.63) is 17.5 Å². The molecule has 1 aromatic heterocycles. The van der Waals surface area contributed by atoms with Crippen LogP contribution in [0.2, 0.25) is 0 Å². The fourth-order valence-electron chi connectivity index (χ4n) is 1.80. The zero-order chi connectivity index (χ0) is 12.0. The molecule has 0 aliphatic rings. The summed E-state index contributed by atoms with van der Waals surface area (Å²) in [6.45, 7) is 5.13. The Balaban J connectivity index is 2.33. The fourth-order valence-corrected chi connectivity index (χ4v) is 1.80. The molecule has 0 radical (unpaired) electrons. The normalized spacial score (nSPS) is 12.4. The molecule has 0 saturated heterocycles. The number of rotatable bonds is 6. The Hall–Kier alpha value is -1.34. The summed E-state index contributed by atoms with van der Waals surface area (Å²) < 4.78 is 1.85. The van der Waals surface area contributed by atoms with E-state index in [4.69, 9.17) is 5.26 Å². The Morgan fingerprint density at radius 3 is 2.88 bits per heavy atom. The molecule has 4 heteroatoms. The molecule has 0 aliphatic carbocycles. The van der Waals surface area contributed by atoms with Crippen LogP contribution < -0.4 is 5.32 Å². The highest BCUT2D eigenvalue weighted by molar-refractivity contribution is 5.19. The van der Waals surface area contributed by atoms with E-state index in [0.29, 0.717) is 12.5 Å². The number of hydrogen-bond acceptors (Lipinski definition) is 3. The Kier molecular flexibility index (Phi) is 5.00. The highest BCUT2D eigenvalue weighted by Crippen LogP contribution is 2.15. The maximum Gasteiger partial charge on any atom is 0.0641 e. The number of aromatic nitrogens is 2. The molecule has 0 aromatic carbocycles. The van der Waals surface area contributed by atoms with Gasteiger partial charge in [0.2, 0.25) is 0 Å². The molecule has 0 spiro atoms. The fraction of sp³-hybridized carbons (Fsp3) is 0.667. The van der Waals surface area contributed by atoms with Crippen LogP contribution >= 0.6 is 0 Å². The van der Waals surface area contributed by atoms with E-state index in [0.717, 1.165) is 25.1 Å². The molecule has 1 aromatic rings. The van der Waals surface area contributed by atoms with Gasteiger partial charge in [0.25, 0.3) is 0 Å². The van der Waals surface area contributed by atoms with Crippen LogP contribution in [-0.2, 0) is 7.05 Å². The third kappa shape index (κ3) is 3.67. The average Bonchev–Trinajstić information content (AvgIpc) is 2.57. The van der Waals surface area contributed by atoms with Gasteiger partial charge in [-0.1, -0.05) is 0 Å². The minimum absolute atomic E-state index is 0.329. The standard InChI is InChI=1S/C12H20N4/c1-10(14-8-6-4-5-7-13)12-9-16(3)15-11(12)2/h9-10,14H,4-6,8H2,1-3H3. The molecule has 0 amide bonds. The smallest absolute Gasteiger partial charge is 0.0641 e. The number of nitrogens with zero attached hydrogens (tertiary/aromatic N) is 3. The van der Waals surface area contributed by atoms with Gasteiger partial charge in [0, 0.05) is 31.3 Å². The van der Waals surface area contributed by atoms with Gasteiger partial charge < -0.3 is 5.32 Å². The van der Waals surface area contributed by atoms with Gasteiger partial charge in [-0.05, 0) is 33.2 Å². The van der Waals surface area contributed by atoms with Crippen molar-refractivity contribution in [1.82, 2.24) is 15.1 Å². The van der Waals surface area contributed by atoms with Crippen molar-refractivity contribution in [3.8, 4) is 6.07 Å². The summed E-state index contributed by atoms with van der Waals surface area (Å²) in [5, 5.41) is 16.2. The Labute approximate surface area is 97.3 Å². The summed E-state index contributed by atoms with van der Waals surface area (Å²) in [4.78, 5) is 0. The van der Waals surface area contributed by atoms with E-state index in [-0.39, 0.29) is 0 Å². The van der Waals surface area contributed by atoms with Crippen molar-refractivity contribution in [2.75, 3.05) is 6.54 Å². The summed E-state index contributed by atoms with van der Waals surface area (Å²) in [6.07, 6.45) is 4.74. The summed E-state index contributed by atoms with van der Waals surface area (Å²) in [5.41, 5.74) is 2.34. The summed E-state index contributed by atoms with van der Waals surface area (Å²) in [5.74, 6) is 0. The minimum Gasteiger partial charge on any atom is -0.310 e. The molecular formula is C12H20N4. The SMILES string of the molecule is Cc1nn(C)cc1C(C)NCCCCC#N. The summed E-state index contributed by atoms with van der Waals surface area (Å²) >= 11 is 0. The first-order valence-corrected chi connectivity index (χ1v) is 5.75. The first-order chi connectivity index (χ1) is 7.65. The van der Waals surface area contributed by atoms with Crippen molar-refractivity contribution in [2.24, 2.45) is 7.05 Å². The van der Waals surface area contributed by atoms with Crippen LogP contribution in [0.25, 0.3) is 0 Å². The van der Waals surface area contributed by atoms with E-state index in [2.05, 4.69) is 29.6 Å². The van der Waals surface area contributed by atoms with Gasteiger partial charge in [0.15, 0.2) is 0 Å². The lowest BCUT2D eigenvalue weighted by atomic mass is 10.1. The number of nitriles is 1. The van der Waals surface area contributed by atoms with Gasteiger partial charge in [-0.3, -0.25) is 4.68 Å². The zero-order valence-corrected chi connectivity index (χ0v) is 10.3. The molecule has 0 bridgehead atoms. The van der Waals surface area contributed by atoms with E-state index in [1.54, 1.807) is 0 Å². The van der Waals surface area contributed by atoms with Gasteiger partial charge in [0.05, 0.1) is 11.8 Å². The van der Waals surface area contributed by atoms with Gasteiger partial charge in [0.1, 0.15) is 0 Å². The molecular weight excluding hydrogens is 200 g/mol. The molecule has 0 aliphatic heterocycles. The summed E-state index contributed by atoms with van der Waals surface area (Å²) in [6, 6.07) is 2.49. The lowest BCUT2D eigenvalue weighted by Gasteiger charge is -2.12. The van der Waals surface area contributed by atoms with Crippen LogP contribution in [0.3, 0.4) is 0 Å². The molecule has 4 nitrogen and oxygen atoms in total. The third-order valence-corrected chi connectivity index (χ3v) is 2.68. The van der Waals surface area contributed by atoms with Crippen LogP contribution in [-0.4, -0.2) is 16.3 Å². The Bertz CT molecular complexity index is 362. The van der Waals surface area contributed by atoms with Gasteiger partial charge in [-0.25, -0.2) is 0 Å². The maximum atomic E-state index is 8.41. The molecule has 88 valence electrons. The average molecular weight is 220 g/mol. The first-order valence-electron chi connectivity index (χ1n) is 5.75. The van der Waals surface area contributed by atoms with Crippen molar-refractivity contribution in [1.29, 1.82) is 5.26 Å². The molecule has 1 N–H and O–H groups in total. The molecule has 0 saturated carbocycles. The molecule has 1 rings (SSSR count). The Morgan fingerprint density at radius 2 is 2.31 bits per heavy atom. The van der Waals surface area contributed by atoms with Gasteiger partial charge in [-0.15, -0.1) is 0 Å². The van der Waals surface area contributed by atoms with E-state index in [1.165, 1.54) is 5.56 Å². The second-order valence-electron chi connectivity index (χ2n) is 4.13. The predicted molar refractivity (Wildman–Crippen MR) is 63.8 cm³/mol. The van der Waals surface area contributed by atoms with E-state index >= 15 is 0 Å². The second-order valence-corrected chi connectivity index (χ2v) is 4.13. The predicted octanol–water partition coefficient (Wildman–Crippen LogP) is 2.07. The van der Waals surface area contributed by atoms with Crippen LogP contribution in [0.15, 0.2) is 6.20 Å². The van der Waals surface area contributed by atoms with Crippen LogP contribution in [0, 0.1) is 18.3 Å². The van der Waals surface area contributed by atoms with E-state index in [9.17, 15) is 0 Å². The molecule has 1 unspecified atom stereocenters. The van der Waals surface area contributed by atoms with Crippen molar-refractivity contribution >= 4 is 0 Å². The number of hydrogen-bond donors (Lipinski definition) is 1. The topological polar surface area (TPSA) is 53.6 Å². The van der Waals surface area contributed by atoms with Crippen molar-refractivity contribution in [3.63, 3.8) is 0 Å². The highest BCUT2D eigenvalue weighted by Gasteiger charge is 2.10. The Morgan fingerprint density at radius 1 is 1.56 bits per heavy atom. The quantitative estimate of drug-likeness (QED) is 0.747. The van der Waals surface area contributed by atoms with Crippen molar-refractivity contribution in [2.45, 2.75) is 39.2 Å². The highest BCUT2D eigenvalue weighted by atomic mass is 15.3. The van der Waals surface area contributed by atoms with E-state index in [1.807, 2.05) is 18.7 Å². The van der Waals surface area contributed by atoms with Crippen LogP contribution in [0.1, 0.15) is 43.5 Å². The molecule has 0 fully saturated rings. The third-order valence-electron chi connectivity index (χ3n) is 2.68. The number of aryl methyl sites for hydroxylation is 2. The molecule has 1 atom stereocenters. The van der Waals surface area contributed by atoms with Crippen LogP contribution in [0.4, 0.5) is 0 Å². The first kappa shape index (κ1) is 12.7. The number of nitrogens with one attached hydrogen (secondary N) is 1. The largest absolute Gasteiger partial charge is 0.310 e. The van der Waals surface area contributed by atoms with Crippen molar-refractivity contribution < 1.29 is 0 Å². The molecule has 1 heterocycles. The zero-order valence-electron chi connectivity index (χ0n) is 10.3. The number of unbranched alkanes of at least 4 members (excludes halogenated alkanes) is 2. The monoisotopic (exact) mass is 220 g/mol. The second kappa shape index (κ2) is 6.29.